The summed E-state index contributed by atoms with van der Waals surface area (Å²) < 4.78 is 5.48. The summed E-state index contributed by atoms with van der Waals surface area (Å²) in [5.41, 5.74) is 0.746. The smallest absolute Gasteiger partial charge is 0.321 e. The van der Waals surface area contributed by atoms with Gasteiger partial charge in [-0.15, -0.1) is 0 Å². The maximum Gasteiger partial charge on any atom is 0.321 e. The number of carbonyl (C=O) groups is 3. The normalized spacial score (nSPS) is 25.4. The van der Waals surface area contributed by atoms with Crippen molar-refractivity contribution in [2.45, 2.75) is 65.0 Å². The number of nitrogens with one attached hydrogen (secondary N) is 2. The maximum atomic E-state index is 12.6. The zero-order chi connectivity index (χ0) is 22.4. The highest BCUT2D eigenvalue weighted by Crippen LogP contribution is 2.29. The van der Waals surface area contributed by atoms with Crippen molar-refractivity contribution in [3.63, 3.8) is 0 Å². The van der Waals surface area contributed by atoms with E-state index in [1.807, 2.05) is 30.3 Å². The van der Waals surface area contributed by atoms with E-state index >= 15 is 0 Å². The highest BCUT2D eigenvalue weighted by atomic mass is 16.5. The molecule has 2 N–H and O–H groups in total. The summed E-state index contributed by atoms with van der Waals surface area (Å²) >= 11 is 0. The first-order valence-electron chi connectivity index (χ1n) is 11.5. The van der Waals surface area contributed by atoms with Gasteiger partial charge in [-0.2, -0.15) is 0 Å². The van der Waals surface area contributed by atoms with E-state index in [0.29, 0.717) is 37.8 Å². The fourth-order valence-corrected chi connectivity index (χ4v) is 4.45. The standard InChI is InChI=1S/C24H35N3O4/c1-16-8-7-11-21(17(16)2)26-22(28)18(3)31-23(29)19-12-14-27(15-13-19)24(30)25-20-9-5-4-6-10-20/h4-6,9-10,16-19,21H,7-8,11-15H2,1-3H3,(H,25,30)(H,26,28)/t16-,17+,18+,21+/m0/s1. The number of urea groups is 1. The summed E-state index contributed by atoms with van der Waals surface area (Å²) in [7, 11) is 0. The fraction of sp³-hybridized carbons (Fsp3) is 0.625. The molecule has 0 spiro atoms. The highest BCUT2D eigenvalue weighted by molar-refractivity contribution is 5.89. The minimum atomic E-state index is -0.809. The van der Waals surface area contributed by atoms with Gasteiger partial charge in [-0.25, -0.2) is 4.79 Å². The number of carbonyl (C=O) groups excluding carboxylic acids is 3. The Morgan fingerprint density at radius 1 is 1.03 bits per heavy atom. The molecule has 3 rings (SSSR count). The van der Waals surface area contributed by atoms with Crippen molar-refractivity contribution in [3.8, 4) is 0 Å². The molecule has 7 heteroatoms. The molecule has 0 bridgehead atoms. The van der Waals surface area contributed by atoms with Crippen LogP contribution in [0.15, 0.2) is 30.3 Å². The molecular weight excluding hydrogens is 394 g/mol. The second-order valence-corrected chi connectivity index (χ2v) is 9.02. The molecule has 1 aliphatic heterocycles. The number of amides is 3. The Balaban J connectivity index is 1.41. The molecular formula is C24H35N3O4. The molecule has 2 aliphatic rings. The lowest BCUT2D eigenvalue weighted by Crippen LogP contribution is -2.48. The van der Waals surface area contributed by atoms with Gasteiger partial charge in [0.2, 0.25) is 0 Å². The summed E-state index contributed by atoms with van der Waals surface area (Å²) in [4.78, 5) is 39.2. The first-order valence-corrected chi connectivity index (χ1v) is 11.5. The molecule has 1 saturated heterocycles. The highest BCUT2D eigenvalue weighted by Gasteiger charge is 2.33. The van der Waals surface area contributed by atoms with E-state index in [-0.39, 0.29) is 29.9 Å². The SMILES string of the molecule is C[C@@H]1[C@@H](C)CCC[C@H]1NC(=O)[C@@H](C)OC(=O)C1CCN(C(=O)Nc2ccccc2)CC1. The van der Waals surface area contributed by atoms with E-state index in [2.05, 4.69) is 24.5 Å². The molecule has 3 amide bonds. The molecule has 0 radical (unpaired) electrons. The van der Waals surface area contributed by atoms with Crippen LogP contribution in [0.1, 0.15) is 52.9 Å². The molecule has 1 aromatic rings. The molecule has 7 nitrogen and oxygen atoms in total. The van der Waals surface area contributed by atoms with Crippen LogP contribution in [0, 0.1) is 17.8 Å². The third-order valence-corrected chi connectivity index (χ3v) is 6.84. The van der Waals surface area contributed by atoms with Crippen LogP contribution in [-0.2, 0) is 14.3 Å². The summed E-state index contributed by atoms with van der Waals surface area (Å²) in [5, 5.41) is 5.94. The Kier molecular flexibility index (Phi) is 7.93. The Hall–Kier alpha value is -2.57. The molecule has 4 atom stereocenters. The topological polar surface area (TPSA) is 87.7 Å². The predicted molar refractivity (Wildman–Crippen MR) is 119 cm³/mol. The van der Waals surface area contributed by atoms with Gasteiger partial charge in [-0.1, -0.05) is 44.9 Å². The van der Waals surface area contributed by atoms with E-state index in [9.17, 15) is 14.4 Å². The number of benzene rings is 1. The van der Waals surface area contributed by atoms with Crippen molar-refractivity contribution in [3.05, 3.63) is 30.3 Å². The van der Waals surface area contributed by atoms with Crippen LogP contribution in [0.25, 0.3) is 0 Å². The van der Waals surface area contributed by atoms with Gasteiger partial charge in [0, 0.05) is 24.8 Å². The molecule has 2 fully saturated rings. The van der Waals surface area contributed by atoms with Gasteiger partial charge in [-0.05, 0) is 50.2 Å². The van der Waals surface area contributed by atoms with Crippen molar-refractivity contribution >= 4 is 23.6 Å². The number of hydrogen-bond acceptors (Lipinski definition) is 4. The molecule has 1 saturated carbocycles. The average molecular weight is 430 g/mol. The average Bonchev–Trinajstić information content (AvgIpc) is 2.77. The molecule has 31 heavy (non-hydrogen) atoms. The Morgan fingerprint density at radius 2 is 1.71 bits per heavy atom. The lowest BCUT2D eigenvalue weighted by Gasteiger charge is -2.35. The van der Waals surface area contributed by atoms with Crippen LogP contribution in [0.3, 0.4) is 0 Å². The van der Waals surface area contributed by atoms with Crippen molar-refractivity contribution in [2.24, 2.45) is 17.8 Å². The second-order valence-electron chi connectivity index (χ2n) is 9.02. The number of esters is 1. The number of hydrogen-bond donors (Lipinski definition) is 2. The van der Waals surface area contributed by atoms with Crippen LogP contribution < -0.4 is 10.6 Å². The summed E-state index contributed by atoms with van der Waals surface area (Å²) in [5.74, 6) is 0.146. The van der Waals surface area contributed by atoms with E-state index < -0.39 is 6.10 Å². The molecule has 0 unspecified atom stereocenters. The lowest BCUT2D eigenvalue weighted by molar-refractivity contribution is -0.160. The van der Waals surface area contributed by atoms with Crippen LogP contribution in [-0.4, -0.2) is 48.0 Å². The van der Waals surface area contributed by atoms with E-state index in [1.54, 1.807) is 11.8 Å². The van der Waals surface area contributed by atoms with Crippen molar-refractivity contribution in [1.82, 2.24) is 10.2 Å². The van der Waals surface area contributed by atoms with Crippen LogP contribution >= 0.6 is 0 Å². The van der Waals surface area contributed by atoms with Crippen molar-refractivity contribution in [2.75, 3.05) is 18.4 Å². The number of para-hydroxylation sites is 1. The molecule has 170 valence electrons. The van der Waals surface area contributed by atoms with Gasteiger partial charge in [0.1, 0.15) is 0 Å². The second kappa shape index (κ2) is 10.6. The largest absolute Gasteiger partial charge is 0.452 e. The molecule has 0 aromatic heterocycles. The van der Waals surface area contributed by atoms with Crippen molar-refractivity contribution in [1.29, 1.82) is 0 Å². The first-order chi connectivity index (χ1) is 14.8. The van der Waals surface area contributed by atoms with Gasteiger partial charge < -0.3 is 20.3 Å². The zero-order valence-electron chi connectivity index (χ0n) is 18.8. The summed E-state index contributed by atoms with van der Waals surface area (Å²) in [6.07, 6.45) is 3.54. The van der Waals surface area contributed by atoms with Crippen LogP contribution in [0.2, 0.25) is 0 Å². The quantitative estimate of drug-likeness (QED) is 0.697. The fourth-order valence-electron chi connectivity index (χ4n) is 4.45. The maximum absolute atomic E-state index is 12.6. The van der Waals surface area contributed by atoms with Gasteiger partial charge in [0.05, 0.1) is 5.92 Å². The van der Waals surface area contributed by atoms with Gasteiger partial charge >= 0.3 is 12.0 Å². The van der Waals surface area contributed by atoms with Crippen molar-refractivity contribution < 1.29 is 19.1 Å². The third-order valence-electron chi connectivity index (χ3n) is 6.84. The molecule has 1 aromatic carbocycles. The Bertz CT molecular complexity index is 761. The molecule has 1 heterocycles. The molecule has 1 aliphatic carbocycles. The van der Waals surface area contributed by atoms with Gasteiger partial charge in [0.15, 0.2) is 6.10 Å². The number of anilines is 1. The number of likely N-dealkylation sites (tertiary alicyclic amines) is 1. The minimum absolute atomic E-state index is 0.142. The Labute approximate surface area is 184 Å². The van der Waals surface area contributed by atoms with E-state index in [1.165, 1.54) is 6.42 Å². The van der Waals surface area contributed by atoms with Gasteiger partial charge in [-0.3, -0.25) is 9.59 Å². The number of nitrogens with zero attached hydrogens (tertiary/aromatic N) is 1. The Morgan fingerprint density at radius 3 is 2.39 bits per heavy atom. The number of piperidine rings is 1. The van der Waals surface area contributed by atoms with Crippen LogP contribution in [0.4, 0.5) is 10.5 Å². The monoisotopic (exact) mass is 429 g/mol. The van der Waals surface area contributed by atoms with E-state index in [0.717, 1.165) is 18.5 Å². The predicted octanol–water partition coefficient (Wildman–Crippen LogP) is 3.80. The van der Waals surface area contributed by atoms with E-state index in [4.69, 9.17) is 4.74 Å². The lowest BCUT2D eigenvalue weighted by atomic mass is 9.78. The summed E-state index contributed by atoms with van der Waals surface area (Å²) in [6.45, 7) is 6.99. The summed E-state index contributed by atoms with van der Waals surface area (Å²) in [6, 6.07) is 9.27. The van der Waals surface area contributed by atoms with Gasteiger partial charge in [0.25, 0.3) is 5.91 Å². The first kappa shape index (κ1) is 23.1. The zero-order valence-corrected chi connectivity index (χ0v) is 18.8. The third kappa shape index (κ3) is 6.21. The number of ether oxygens (including phenoxy) is 1. The minimum Gasteiger partial charge on any atom is -0.452 e. The number of rotatable bonds is 5. The van der Waals surface area contributed by atoms with Crippen LogP contribution in [0.5, 0.6) is 0 Å².